The second kappa shape index (κ2) is 10.4. The molecule has 8 heteroatoms. The summed E-state index contributed by atoms with van der Waals surface area (Å²) in [5, 5.41) is 3.64. The molecule has 1 N–H and O–H groups in total. The van der Waals surface area contributed by atoms with Crippen LogP contribution >= 0.6 is 11.8 Å². The fourth-order valence-electron chi connectivity index (χ4n) is 4.27. The first-order valence-corrected chi connectivity index (χ1v) is 12.0. The van der Waals surface area contributed by atoms with Crippen LogP contribution in [0.1, 0.15) is 29.7 Å². The molecule has 0 atom stereocenters. The fraction of sp³-hybridized carbons (Fsp3) is 0.522. The summed E-state index contributed by atoms with van der Waals surface area (Å²) < 4.78 is 7.26. The highest BCUT2D eigenvalue weighted by atomic mass is 32.2. The number of morpholine rings is 1. The molecule has 1 aromatic carbocycles. The van der Waals surface area contributed by atoms with Crippen molar-refractivity contribution in [1.82, 2.24) is 14.5 Å². The van der Waals surface area contributed by atoms with Gasteiger partial charge >= 0.3 is 5.69 Å². The largest absolute Gasteiger partial charge is 0.379 e. The third-order valence-corrected chi connectivity index (χ3v) is 6.82. The number of thioether (sulfide) groups is 1. The van der Waals surface area contributed by atoms with E-state index in [9.17, 15) is 9.59 Å². The number of ether oxygens (including phenoxy) is 1. The third-order valence-electron chi connectivity index (χ3n) is 5.80. The van der Waals surface area contributed by atoms with Crippen LogP contribution in [-0.4, -0.2) is 59.0 Å². The van der Waals surface area contributed by atoms with Gasteiger partial charge in [-0.3, -0.25) is 14.3 Å². The Labute approximate surface area is 187 Å². The summed E-state index contributed by atoms with van der Waals surface area (Å²) in [4.78, 5) is 31.9. The van der Waals surface area contributed by atoms with E-state index < -0.39 is 0 Å². The normalized spacial score (nSPS) is 16.3. The summed E-state index contributed by atoms with van der Waals surface area (Å²) in [5.41, 5.74) is 3.97. The third kappa shape index (κ3) is 5.75. The van der Waals surface area contributed by atoms with Crippen LogP contribution in [0.2, 0.25) is 0 Å². The lowest BCUT2D eigenvalue weighted by Gasteiger charge is -2.26. The Bertz CT molecular complexity index is 985. The summed E-state index contributed by atoms with van der Waals surface area (Å²) in [5.74, 6) is 0.160. The number of aromatic nitrogens is 2. The summed E-state index contributed by atoms with van der Waals surface area (Å²) in [6, 6.07) is 7.74. The van der Waals surface area contributed by atoms with Crippen molar-refractivity contribution >= 4 is 23.4 Å². The summed E-state index contributed by atoms with van der Waals surface area (Å²) in [6.07, 6.45) is 3.80. The standard InChI is InChI=1S/C23H30N4O3S/c1-17-5-2-6-18(15-17)24-21(28)16-31-22-19-7-3-8-20(19)27(23(29)25-22)10-4-9-26-11-13-30-14-12-26/h2,5-6,15H,3-4,7-14,16H2,1H3,(H,24,28). The highest BCUT2D eigenvalue weighted by Gasteiger charge is 2.22. The summed E-state index contributed by atoms with van der Waals surface area (Å²) in [7, 11) is 0. The maximum Gasteiger partial charge on any atom is 0.348 e. The molecule has 1 amide bonds. The highest BCUT2D eigenvalue weighted by molar-refractivity contribution is 8.00. The van der Waals surface area contributed by atoms with Gasteiger partial charge in [0.15, 0.2) is 0 Å². The van der Waals surface area contributed by atoms with Gasteiger partial charge in [0.2, 0.25) is 5.91 Å². The number of nitrogens with zero attached hydrogens (tertiary/aromatic N) is 3. The van der Waals surface area contributed by atoms with E-state index in [2.05, 4.69) is 15.2 Å². The molecule has 0 saturated carbocycles. The van der Waals surface area contributed by atoms with Crippen molar-refractivity contribution in [3.05, 3.63) is 51.6 Å². The molecule has 2 aromatic rings. The molecule has 4 rings (SSSR count). The molecular weight excluding hydrogens is 412 g/mol. The lowest BCUT2D eigenvalue weighted by molar-refractivity contribution is -0.113. The Hall–Kier alpha value is -2.16. The van der Waals surface area contributed by atoms with Crippen molar-refractivity contribution in [3.8, 4) is 0 Å². The second-order valence-electron chi connectivity index (χ2n) is 8.14. The van der Waals surface area contributed by atoms with Crippen LogP contribution in [0.4, 0.5) is 5.69 Å². The molecule has 166 valence electrons. The number of amides is 1. The minimum absolute atomic E-state index is 0.0844. The maximum atomic E-state index is 12.8. The molecule has 2 heterocycles. The first kappa shape index (κ1) is 22.0. The molecule has 0 unspecified atom stereocenters. The number of hydrogen-bond donors (Lipinski definition) is 1. The van der Waals surface area contributed by atoms with E-state index in [-0.39, 0.29) is 17.3 Å². The number of carbonyl (C=O) groups is 1. The zero-order chi connectivity index (χ0) is 21.6. The van der Waals surface area contributed by atoms with Gasteiger partial charge in [0, 0.05) is 43.1 Å². The van der Waals surface area contributed by atoms with Crippen LogP contribution in [0.25, 0.3) is 0 Å². The molecule has 7 nitrogen and oxygen atoms in total. The number of rotatable bonds is 8. The first-order valence-electron chi connectivity index (χ1n) is 11.0. The lowest BCUT2D eigenvalue weighted by Crippen LogP contribution is -2.37. The minimum Gasteiger partial charge on any atom is -0.379 e. The molecule has 0 spiro atoms. The maximum absolute atomic E-state index is 12.8. The van der Waals surface area contributed by atoms with E-state index in [1.807, 2.05) is 35.8 Å². The van der Waals surface area contributed by atoms with Gasteiger partial charge < -0.3 is 10.1 Å². The van der Waals surface area contributed by atoms with E-state index in [0.29, 0.717) is 6.54 Å². The van der Waals surface area contributed by atoms with Crippen molar-refractivity contribution in [2.75, 3.05) is 43.9 Å². The van der Waals surface area contributed by atoms with Gasteiger partial charge in [-0.25, -0.2) is 4.79 Å². The number of anilines is 1. The zero-order valence-electron chi connectivity index (χ0n) is 18.1. The number of aryl methyl sites for hydroxylation is 1. The van der Waals surface area contributed by atoms with Crippen LogP contribution in [0, 0.1) is 6.92 Å². The molecule has 1 saturated heterocycles. The Kier molecular flexibility index (Phi) is 7.42. The van der Waals surface area contributed by atoms with Crippen LogP contribution in [0.3, 0.4) is 0 Å². The Morgan fingerprint density at radius 1 is 1.23 bits per heavy atom. The van der Waals surface area contributed by atoms with Crippen molar-refractivity contribution < 1.29 is 9.53 Å². The average Bonchev–Trinajstić information content (AvgIpc) is 3.25. The van der Waals surface area contributed by atoms with Crippen molar-refractivity contribution in [1.29, 1.82) is 0 Å². The van der Waals surface area contributed by atoms with Crippen molar-refractivity contribution in [2.24, 2.45) is 0 Å². The van der Waals surface area contributed by atoms with E-state index >= 15 is 0 Å². The zero-order valence-corrected chi connectivity index (χ0v) is 18.9. The van der Waals surface area contributed by atoms with E-state index in [0.717, 1.165) is 86.1 Å². The predicted molar refractivity (Wildman–Crippen MR) is 123 cm³/mol. The average molecular weight is 443 g/mol. The smallest absolute Gasteiger partial charge is 0.348 e. The second-order valence-corrected chi connectivity index (χ2v) is 9.11. The van der Waals surface area contributed by atoms with Crippen LogP contribution in [0.15, 0.2) is 34.1 Å². The van der Waals surface area contributed by atoms with E-state index in [1.165, 1.54) is 11.8 Å². The number of hydrogen-bond acceptors (Lipinski definition) is 6. The first-order chi connectivity index (χ1) is 15.1. The topological polar surface area (TPSA) is 76.5 Å². The van der Waals surface area contributed by atoms with Crippen LogP contribution in [0.5, 0.6) is 0 Å². The van der Waals surface area contributed by atoms with Gasteiger partial charge in [0.25, 0.3) is 0 Å². The molecule has 1 aromatic heterocycles. The molecule has 0 radical (unpaired) electrons. The number of fused-ring (bicyclic) bond motifs is 1. The number of benzene rings is 1. The SMILES string of the molecule is Cc1cccc(NC(=O)CSc2nc(=O)n(CCCN3CCOCC3)c3c2CCC3)c1. The Balaban J connectivity index is 1.37. The van der Waals surface area contributed by atoms with Gasteiger partial charge in [-0.2, -0.15) is 4.98 Å². The highest BCUT2D eigenvalue weighted by Crippen LogP contribution is 2.29. The van der Waals surface area contributed by atoms with Gasteiger partial charge in [-0.05, 0) is 50.3 Å². The van der Waals surface area contributed by atoms with E-state index in [1.54, 1.807) is 0 Å². The molecule has 1 aliphatic heterocycles. The molecule has 1 aliphatic carbocycles. The molecule has 31 heavy (non-hydrogen) atoms. The molecule has 1 fully saturated rings. The van der Waals surface area contributed by atoms with Gasteiger partial charge in [-0.1, -0.05) is 23.9 Å². The number of nitrogens with one attached hydrogen (secondary N) is 1. The summed E-state index contributed by atoms with van der Waals surface area (Å²) >= 11 is 1.37. The Morgan fingerprint density at radius 3 is 2.87 bits per heavy atom. The van der Waals surface area contributed by atoms with Crippen LogP contribution < -0.4 is 11.0 Å². The van der Waals surface area contributed by atoms with Crippen molar-refractivity contribution in [3.63, 3.8) is 0 Å². The summed E-state index contributed by atoms with van der Waals surface area (Å²) in [6.45, 7) is 7.18. The van der Waals surface area contributed by atoms with Gasteiger partial charge in [0.05, 0.1) is 19.0 Å². The van der Waals surface area contributed by atoms with Gasteiger partial charge in [0.1, 0.15) is 5.03 Å². The van der Waals surface area contributed by atoms with Gasteiger partial charge in [-0.15, -0.1) is 0 Å². The number of carbonyl (C=O) groups excluding carboxylic acids is 1. The van der Waals surface area contributed by atoms with E-state index in [4.69, 9.17) is 4.74 Å². The minimum atomic E-state index is -0.191. The fourth-order valence-corrected chi connectivity index (χ4v) is 5.14. The Morgan fingerprint density at radius 2 is 2.06 bits per heavy atom. The molecule has 0 bridgehead atoms. The lowest BCUT2D eigenvalue weighted by atomic mass is 10.2. The molecule has 2 aliphatic rings. The van der Waals surface area contributed by atoms with Crippen LogP contribution in [-0.2, 0) is 28.9 Å². The molecular formula is C23H30N4O3S. The van der Waals surface area contributed by atoms with Crippen molar-refractivity contribution in [2.45, 2.75) is 44.2 Å². The predicted octanol–water partition coefficient (Wildman–Crippen LogP) is 2.49. The quantitative estimate of drug-likeness (QED) is 0.500. The monoisotopic (exact) mass is 442 g/mol.